The van der Waals surface area contributed by atoms with Crippen LogP contribution in [-0.4, -0.2) is 13.7 Å². The SMILES string of the molecule is COc1cccc(C(N)c2cc(Cl)cc3c2OCC3)c1. The van der Waals surface area contributed by atoms with Crippen molar-refractivity contribution in [2.45, 2.75) is 12.5 Å². The molecule has 0 bridgehead atoms. The molecule has 3 nitrogen and oxygen atoms in total. The molecule has 0 radical (unpaired) electrons. The van der Waals surface area contributed by atoms with Crippen molar-refractivity contribution in [1.82, 2.24) is 0 Å². The van der Waals surface area contributed by atoms with Gasteiger partial charge in [-0.25, -0.2) is 0 Å². The highest BCUT2D eigenvalue weighted by Crippen LogP contribution is 2.38. The molecule has 20 heavy (non-hydrogen) atoms. The summed E-state index contributed by atoms with van der Waals surface area (Å²) in [6.07, 6.45) is 0.883. The summed E-state index contributed by atoms with van der Waals surface area (Å²) in [4.78, 5) is 0. The van der Waals surface area contributed by atoms with Gasteiger partial charge in [0, 0.05) is 17.0 Å². The lowest BCUT2D eigenvalue weighted by molar-refractivity contribution is 0.352. The molecule has 3 rings (SSSR count). The summed E-state index contributed by atoms with van der Waals surface area (Å²) in [5.41, 5.74) is 9.42. The van der Waals surface area contributed by atoms with Gasteiger partial charge in [-0.2, -0.15) is 0 Å². The number of ether oxygens (including phenoxy) is 2. The Bertz CT molecular complexity index is 642. The summed E-state index contributed by atoms with van der Waals surface area (Å²) in [5, 5.41) is 0.697. The number of hydrogen-bond acceptors (Lipinski definition) is 3. The van der Waals surface area contributed by atoms with E-state index in [0.717, 1.165) is 34.6 Å². The number of rotatable bonds is 3. The maximum Gasteiger partial charge on any atom is 0.127 e. The van der Waals surface area contributed by atoms with Gasteiger partial charge in [-0.1, -0.05) is 23.7 Å². The minimum Gasteiger partial charge on any atom is -0.497 e. The Morgan fingerprint density at radius 1 is 1.30 bits per heavy atom. The maximum absolute atomic E-state index is 6.39. The van der Waals surface area contributed by atoms with Crippen molar-refractivity contribution in [3.05, 3.63) is 58.1 Å². The van der Waals surface area contributed by atoms with Crippen LogP contribution in [0.3, 0.4) is 0 Å². The van der Waals surface area contributed by atoms with Crippen molar-refractivity contribution in [2.75, 3.05) is 13.7 Å². The van der Waals surface area contributed by atoms with Gasteiger partial charge in [-0.05, 0) is 35.4 Å². The number of hydrogen-bond donors (Lipinski definition) is 1. The molecule has 0 amide bonds. The minimum absolute atomic E-state index is 0.282. The van der Waals surface area contributed by atoms with Crippen LogP contribution in [0.5, 0.6) is 11.5 Å². The smallest absolute Gasteiger partial charge is 0.127 e. The maximum atomic E-state index is 6.39. The third-order valence-electron chi connectivity index (χ3n) is 3.57. The van der Waals surface area contributed by atoms with Crippen molar-refractivity contribution < 1.29 is 9.47 Å². The molecule has 1 atom stereocenters. The molecule has 0 saturated carbocycles. The van der Waals surface area contributed by atoms with E-state index in [9.17, 15) is 0 Å². The van der Waals surface area contributed by atoms with Crippen molar-refractivity contribution in [3.63, 3.8) is 0 Å². The highest BCUT2D eigenvalue weighted by molar-refractivity contribution is 6.30. The van der Waals surface area contributed by atoms with Gasteiger partial charge in [-0.3, -0.25) is 0 Å². The summed E-state index contributed by atoms with van der Waals surface area (Å²) in [6, 6.07) is 11.3. The molecular formula is C16H16ClNO2. The quantitative estimate of drug-likeness (QED) is 0.942. The molecule has 2 N–H and O–H groups in total. The lowest BCUT2D eigenvalue weighted by atomic mass is 9.96. The first kappa shape index (κ1) is 13.3. The fraction of sp³-hybridized carbons (Fsp3) is 0.250. The van der Waals surface area contributed by atoms with E-state index < -0.39 is 0 Å². The predicted molar refractivity (Wildman–Crippen MR) is 79.7 cm³/mol. The van der Waals surface area contributed by atoms with Gasteiger partial charge in [0.05, 0.1) is 19.8 Å². The number of nitrogens with two attached hydrogens (primary N) is 1. The number of fused-ring (bicyclic) bond motifs is 1. The van der Waals surface area contributed by atoms with Crippen molar-refractivity contribution >= 4 is 11.6 Å². The summed E-state index contributed by atoms with van der Waals surface area (Å²) in [5.74, 6) is 1.67. The van der Waals surface area contributed by atoms with Crippen LogP contribution in [0.1, 0.15) is 22.7 Å². The zero-order valence-electron chi connectivity index (χ0n) is 11.2. The third-order valence-corrected chi connectivity index (χ3v) is 3.78. The zero-order valence-corrected chi connectivity index (χ0v) is 12.0. The molecule has 1 heterocycles. The fourth-order valence-corrected chi connectivity index (χ4v) is 2.79. The van der Waals surface area contributed by atoms with E-state index >= 15 is 0 Å². The second-order valence-electron chi connectivity index (χ2n) is 4.84. The highest BCUT2D eigenvalue weighted by atomic mass is 35.5. The van der Waals surface area contributed by atoms with Gasteiger partial charge < -0.3 is 15.2 Å². The van der Waals surface area contributed by atoms with Gasteiger partial charge in [0.25, 0.3) is 0 Å². The number of methoxy groups -OCH3 is 1. The lowest BCUT2D eigenvalue weighted by Crippen LogP contribution is -2.13. The summed E-state index contributed by atoms with van der Waals surface area (Å²) < 4.78 is 11.0. The molecule has 0 fully saturated rings. The van der Waals surface area contributed by atoms with Crippen LogP contribution in [0.2, 0.25) is 5.02 Å². The Kier molecular flexibility index (Phi) is 3.55. The average molecular weight is 290 g/mol. The minimum atomic E-state index is -0.282. The first-order valence-electron chi connectivity index (χ1n) is 6.53. The van der Waals surface area contributed by atoms with Crippen molar-refractivity contribution in [1.29, 1.82) is 0 Å². The monoisotopic (exact) mass is 289 g/mol. The third kappa shape index (κ3) is 2.35. The molecule has 4 heteroatoms. The second-order valence-corrected chi connectivity index (χ2v) is 5.27. The highest BCUT2D eigenvalue weighted by Gasteiger charge is 2.22. The molecule has 0 saturated heterocycles. The molecular weight excluding hydrogens is 274 g/mol. The van der Waals surface area contributed by atoms with Gasteiger partial charge in [-0.15, -0.1) is 0 Å². The molecule has 0 aliphatic carbocycles. The van der Waals surface area contributed by atoms with Gasteiger partial charge in [0.2, 0.25) is 0 Å². The van der Waals surface area contributed by atoms with E-state index in [1.807, 2.05) is 36.4 Å². The Labute approximate surface area is 123 Å². The fourth-order valence-electron chi connectivity index (χ4n) is 2.54. The van der Waals surface area contributed by atoms with Crippen LogP contribution in [0.25, 0.3) is 0 Å². The summed E-state index contributed by atoms with van der Waals surface area (Å²) in [7, 11) is 1.64. The Morgan fingerprint density at radius 2 is 2.15 bits per heavy atom. The first-order valence-corrected chi connectivity index (χ1v) is 6.91. The van der Waals surface area contributed by atoms with E-state index in [0.29, 0.717) is 11.6 Å². The van der Waals surface area contributed by atoms with E-state index in [1.54, 1.807) is 7.11 Å². The predicted octanol–water partition coefficient (Wildman–Crippen LogP) is 3.33. The standard InChI is InChI=1S/C16H16ClNO2/c1-19-13-4-2-3-10(8-13)15(18)14-9-12(17)7-11-5-6-20-16(11)14/h2-4,7-9,15H,5-6,18H2,1H3. The van der Waals surface area contributed by atoms with Crippen LogP contribution in [-0.2, 0) is 6.42 Å². The van der Waals surface area contributed by atoms with E-state index in [4.69, 9.17) is 26.8 Å². The topological polar surface area (TPSA) is 44.5 Å². The lowest BCUT2D eigenvalue weighted by Gasteiger charge is -2.17. The van der Waals surface area contributed by atoms with E-state index in [1.165, 1.54) is 0 Å². The van der Waals surface area contributed by atoms with E-state index in [-0.39, 0.29) is 6.04 Å². The van der Waals surface area contributed by atoms with Crippen LogP contribution >= 0.6 is 11.6 Å². The summed E-state index contributed by atoms with van der Waals surface area (Å²) in [6.45, 7) is 0.688. The Hall–Kier alpha value is -1.71. The van der Waals surface area contributed by atoms with Gasteiger partial charge in [0.15, 0.2) is 0 Å². The largest absolute Gasteiger partial charge is 0.497 e. The van der Waals surface area contributed by atoms with Crippen LogP contribution < -0.4 is 15.2 Å². The average Bonchev–Trinajstić information content (AvgIpc) is 2.93. The van der Waals surface area contributed by atoms with Crippen LogP contribution in [0, 0.1) is 0 Å². The molecule has 104 valence electrons. The molecule has 2 aromatic carbocycles. The molecule has 1 aliphatic heterocycles. The number of benzene rings is 2. The molecule has 0 aromatic heterocycles. The molecule has 1 unspecified atom stereocenters. The Morgan fingerprint density at radius 3 is 2.95 bits per heavy atom. The molecule has 0 spiro atoms. The van der Waals surface area contributed by atoms with Gasteiger partial charge in [0.1, 0.15) is 11.5 Å². The Balaban J connectivity index is 2.04. The molecule has 1 aliphatic rings. The van der Waals surface area contributed by atoms with E-state index in [2.05, 4.69) is 0 Å². The number of halogens is 1. The van der Waals surface area contributed by atoms with Crippen molar-refractivity contribution in [2.24, 2.45) is 5.73 Å². The molecule has 2 aromatic rings. The van der Waals surface area contributed by atoms with Crippen LogP contribution in [0.15, 0.2) is 36.4 Å². The normalized spacial score (nSPS) is 14.6. The van der Waals surface area contributed by atoms with Gasteiger partial charge >= 0.3 is 0 Å². The second kappa shape index (κ2) is 5.35. The van der Waals surface area contributed by atoms with Crippen LogP contribution in [0.4, 0.5) is 0 Å². The zero-order chi connectivity index (χ0) is 14.1. The summed E-state index contributed by atoms with van der Waals surface area (Å²) >= 11 is 6.18. The van der Waals surface area contributed by atoms with Crippen molar-refractivity contribution in [3.8, 4) is 11.5 Å². The first-order chi connectivity index (χ1) is 9.69.